The van der Waals surface area contributed by atoms with Gasteiger partial charge >= 0.3 is 0 Å². The summed E-state index contributed by atoms with van der Waals surface area (Å²) in [4.78, 5) is 11.9. The summed E-state index contributed by atoms with van der Waals surface area (Å²) in [6, 6.07) is 6.08. The summed E-state index contributed by atoms with van der Waals surface area (Å²) in [5.41, 5.74) is 7.31. The Morgan fingerprint density at radius 3 is 2.76 bits per heavy atom. The first-order valence-corrected chi connectivity index (χ1v) is 6.26. The van der Waals surface area contributed by atoms with Crippen LogP contribution in [-0.2, 0) is 0 Å². The molecule has 1 aliphatic rings. The molecule has 1 fully saturated rings. The third-order valence-corrected chi connectivity index (χ3v) is 3.72. The Morgan fingerprint density at radius 2 is 2.00 bits per heavy atom. The van der Waals surface area contributed by atoms with Crippen molar-refractivity contribution in [2.75, 3.05) is 5.73 Å². The number of nitrogen functional groups attached to an aromatic ring is 1. The van der Waals surface area contributed by atoms with Crippen LogP contribution >= 0.6 is 0 Å². The van der Waals surface area contributed by atoms with Gasteiger partial charge in [0.25, 0.3) is 5.56 Å². The number of nitrogens with zero attached hydrogens (tertiary/aromatic N) is 1. The number of hydrogen-bond acceptors (Lipinski definition) is 2. The van der Waals surface area contributed by atoms with E-state index in [1.54, 1.807) is 6.07 Å². The third-order valence-electron chi connectivity index (χ3n) is 3.72. The minimum Gasteiger partial charge on any atom is -0.398 e. The zero-order valence-corrected chi connectivity index (χ0v) is 9.78. The topological polar surface area (TPSA) is 63.8 Å². The summed E-state index contributed by atoms with van der Waals surface area (Å²) >= 11 is 0. The zero-order chi connectivity index (χ0) is 11.8. The normalized spacial score (nSPS) is 17.6. The molecule has 1 aromatic heterocycles. The van der Waals surface area contributed by atoms with E-state index in [2.05, 4.69) is 5.10 Å². The monoisotopic (exact) mass is 231 g/mol. The van der Waals surface area contributed by atoms with Crippen LogP contribution in [0.4, 0.5) is 5.69 Å². The van der Waals surface area contributed by atoms with E-state index in [0.717, 1.165) is 18.4 Å². The van der Waals surface area contributed by atoms with Crippen molar-refractivity contribution in [2.24, 2.45) is 0 Å². The van der Waals surface area contributed by atoms with E-state index in [9.17, 15) is 4.79 Å². The summed E-state index contributed by atoms with van der Waals surface area (Å²) in [6.07, 6.45) is 6.09. The molecular weight excluding hydrogens is 214 g/mol. The van der Waals surface area contributed by atoms with Gasteiger partial charge in [0, 0.05) is 5.69 Å². The van der Waals surface area contributed by atoms with Crippen molar-refractivity contribution in [3.05, 3.63) is 28.6 Å². The lowest BCUT2D eigenvalue weighted by atomic mass is 9.95. The third kappa shape index (κ3) is 1.64. The fraction of sp³-hybridized carbons (Fsp3) is 0.462. The van der Waals surface area contributed by atoms with Crippen LogP contribution in [0, 0.1) is 0 Å². The van der Waals surface area contributed by atoms with E-state index < -0.39 is 0 Å². The number of benzene rings is 1. The average Bonchev–Trinajstić information content (AvgIpc) is 2.69. The van der Waals surface area contributed by atoms with E-state index in [0.29, 0.717) is 17.1 Å². The minimum atomic E-state index is -0.0660. The fourth-order valence-corrected chi connectivity index (χ4v) is 2.86. The number of aromatic amines is 1. The molecule has 0 radical (unpaired) electrons. The molecular formula is C13H17N3O. The predicted octanol–water partition coefficient (Wildman–Crippen LogP) is 2.42. The molecule has 0 aliphatic heterocycles. The number of H-pyrrole nitrogens is 1. The Balaban J connectivity index is 2.17. The standard InChI is InChI=1S/C13H17N3O/c14-10-7-4-8-11-12(10)13(17)15-16(11)9-5-2-1-3-6-9/h4,7-9H,1-3,5-6,14H2,(H,15,17). The average molecular weight is 231 g/mol. The van der Waals surface area contributed by atoms with E-state index in [4.69, 9.17) is 5.73 Å². The highest BCUT2D eigenvalue weighted by atomic mass is 16.1. The first-order chi connectivity index (χ1) is 8.27. The molecule has 2 aromatic rings. The Morgan fingerprint density at radius 1 is 1.24 bits per heavy atom. The van der Waals surface area contributed by atoms with Gasteiger partial charge in [0.05, 0.1) is 16.9 Å². The van der Waals surface area contributed by atoms with E-state index in [1.807, 2.05) is 16.8 Å². The van der Waals surface area contributed by atoms with Gasteiger partial charge in [-0.05, 0) is 25.0 Å². The molecule has 0 atom stereocenters. The molecule has 1 aromatic carbocycles. The van der Waals surface area contributed by atoms with Crippen molar-refractivity contribution in [1.82, 2.24) is 9.78 Å². The molecule has 0 saturated heterocycles. The van der Waals surface area contributed by atoms with Gasteiger partial charge < -0.3 is 5.73 Å². The Bertz CT molecular complexity index is 590. The van der Waals surface area contributed by atoms with Crippen molar-refractivity contribution >= 4 is 16.6 Å². The van der Waals surface area contributed by atoms with Crippen LogP contribution in [0.2, 0.25) is 0 Å². The molecule has 1 saturated carbocycles. The molecule has 3 N–H and O–H groups in total. The first-order valence-electron chi connectivity index (χ1n) is 6.26. The van der Waals surface area contributed by atoms with E-state index in [-0.39, 0.29) is 5.56 Å². The van der Waals surface area contributed by atoms with Crippen LogP contribution in [0.5, 0.6) is 0 Å². The van der Waals surface area contributed by atoms with Crippen molar-refractivity contribution in [3.63, 3.8) is 0 Å². The van der Waals surface area contributed by atoms with Crippen molar-refractivity contribution < 1.29 is 0 Å². The number of fused-ring (bicyclic) bond motifs is 1. The lowest BCUT2D eigenvalue weighted by Crippen LogP contribution is -2.16. The molecule has 1 aliphatic carbocycles. The SMILES string of the molecule is Nc1cccc2c1c(=O)[nH]n2C1CCCCC1. The summed E-state index contributed by atoms with van der Waals surface area (Å²) in [6.45, 7) is 0. The smallest absolute Gasteiger partial charge is 0.274 e. The van der Waals surface area contributed by atoms with Crippen LogP contribution in [0.15, 0.2) is 23.0 Å². The van der Waals surface area contributed by atoms with Gasteiger partial charge in [0.15, 0.2) is 0 Å². The number of anilines is 1. The van der Waals surface area contributed by atoms with Gasteiger partial charge in [-0.15, -0.1) is 0 Å². The number of hydrogen-bond donors (Lipinski definition) is 2. The zero-order valence-electron chi connectivity index (χ0n) is 9.78. The molecule has 0 spiro atoms. The number of rotatable bonds is 1. The highest BCUT2D eigenvalue weighted by molar-refractivity contribution is 5.90. The molecule has 0 bridgehead atoms. The van der Waals surface area contributed by atoms with Crippen LogP contribution in [-0.4, -0.2) is 9.78 Å². The highest BCUT2D eigenvalue weighted by Crippen LogP contribution is 2.30. The maximum Gasteiger partial charge on any atom is 0.274 e. The molecule has 0 unspecified atom stereocenters. The van der Waals surface area contributed by atoms with Crippen molar-refractivity contribution in [2.45, 2.75) is 38.1 Å². The quantitative estimate of drug-likeness (QED) is 0.740. The van der Waals surface area contributed by atoms with Crippen LogP contribution in [0.3, 0.4) is 0 Å². The molecule has 4 heteroatoms. The van der Waals surface area contributed by atoms with Crippen LogP contribution in [0.25, 0.3) is 10.9 Å². The first kappa shape index (κ1) is 10.4. The Labute approximate surface area is 99.4 Å². The maximum atomic E-state index is 11.9. The lowest BCUT2D eigenvalue weighted by molar-refractivity contribution is 0.336. The predicted molar refractivity (Wildman–Crippen MR) is 69.1 cm³/mol. The summed E-state index contributed by atoms with van der Waals surface area (Å²) in [5, 5.41) is 3.58. The Hall–Kier alpha value is -1.71. The second-order valence-electron chi connectivity index (χ2n) is 4.84. The molecule has 17 heavy (non-hydrogen) atoms. The van der Waals surface area contributed by atoms with Gasteiger partial charge in [-0.2, -0.15) is 0 Å². The number of nitrogens with two attached hydrogens (primary N) is 1. The van der Waals surface area contributed by atoms with E-state index in [1.165, 1.54) is 19.3 Å². The van der Waals surface area contributed by atoms with Crippen molar-refractivity contribution in [3.8, 4) is 0 Å². The van der Waals surface area contributed by atoms with Crippen LogP contribution in [0.1, 0.15) is 38.1 Å². The summed E-state index contributed by atoms with van der Waals surface area (Å²) in [5.74, 6) is 0. The molecule has 90 valence electrons. The highest BCUT2D eigenvalue weighted by Gasteiger charge is 2.19. The fourth-order valence-electron chi connectivity index (χ4n) is 2.86. The number of aromatic nitrogens is 2. The summed E-state index contributed by atoms with van der Waals surface area (Å²) in [7, 11) is 0. The molecule has 3 rings (SSSR count). The van der Waals surface area contributed by atoms with Gasteiger partial charge in [0.2, 0.25) is 0 Å². The lowest BCUT2D eigenvalue weighted by Gasteiger charge is -2.23. The van der Waals surface area contributed by atoms with Gasteiger partial charge in [-0.1, -0.05) is 25.3 Å². The van der Waals surface area contributed by atoms with E-state index >= 15 is 0 Å². The van der Waals surface area contributed by atoms with Gasteiger partial charge in [0.1, 0.15) is 0 Å². The number of nitrogens with one attached hydrogen (secondary N) is 1. The second-order valence-corrected chi connectivity index (χ2v) is 4.84. The second kappa shape index (κ2) is 3.95. The molecule has 4 nitrogen and oxygen atoms in total. The summed E-state index contributed by atoms with van der Waals surface area (Å²) < 4.78 is 2.02. The Kier molecular flexibility index (Phi) is 2.42. The van der Waals surface area contributed by atoms with Crippen LogP contribution < -0.4 is 11.3 Å². The van der Waals surface area contributed by atoms with Gasteiger partial charge in [-0.25, -0.2) is 0 Å². The van der Waals surface area contributed by atoms with Crippen molar-refractivity contribution in [1.29, 1.82) is 0 Å². The maximum absolute atomic E-state index is 11.9. The molecule has 1 heterocycles. The molecule has 0 amide bonds. The minimum absolute atomic E-state index is 0.0660. The largest absolute Gasteiger partial charge is 0.398 e. The van der Waals surface area contributed by atoms with Gasteiger partial charge in [-0.3, -0.25) is 14.6 Å².